The zero-order valence-corrected chi connectivity index (χ0v) is 28.7. The highest BCUT2D eigenvalue weighted by Gasteiger charge is 1.97. The van der Waals surface area contributed by atoms with Crippen molar-refractivity contribution in [1.82, 2.24) is 4.90 Å². The third-order valence-corrected chi connectivity index (χ3v) is 5.45. The molecule has 0 unspecified atom stereocenters. The fourth-order valence-corrected chi connectivity index (χ4v) is 3.11. The Bertz CT molecular complexity index is 492. The summed E-state index contributed by atoms with van der Waals surface area (Å²) in [4.78, 5) is 2.08. The molecule has 0 atom stereocenters. The van der Waals surface area contributed by atoms with E-state index in [-0.39, 0.29) is 6.10 Å². The van der Waals surface area contributed by atoms with Crippen LogP contribution in [0.25, 0.3) is 0 Å². The summed E-state index contributed by atoms with van der Waals surface area (Å²) in [5, 5.41) is 0. The van der Waals surface area contributed by atoms with Crippen LogP contribution in [-0.4, -0.2) is 197 Å². The summed E-state index contributed by atoms with van der Waals surface area (Å²) in [6.45, 7) is 18.6. The lowest BCUT2D eigenvalue weighted by Gasteiger charge is -2.10. The van der Waals surface area contributed by atoms with E-state index in [0.29, 0.717) is 159 Å². The highest BCUT2D eigenvalue weighted by molar-refractivity contribution is 4.42. The number of rotatable bonds is 40. The first-order valence-corrected chi connectivity index (χ1v) is 16.3. The third-order valence-electron chi connectivity index (χ3n) is 5.45. The summed E-state index contributed by atoms with van der Waals surface area (Å²) in [5.41, 5.74) is 0. The fourth-order valence-electron chi connectivity index (χ4n) is 3.11. The molecule has 0 amide bonds. The number of nitrogens with zero attached hydrogens (tertiary/aromatic N) is 1. The van der Waals surface area contributed by atoms with E-state index in [0.717, 1.165) is 13.2 Å². The average molecular weight is 660 g/mol. The minimum Gasteiger partial charge on any atom is -0.378 e. The highest BCUT2D eigenvalue weighted by atomic mass is 16.6. The van der Waals surface area contributed by atoms with Crippen molar-refractivity contribution < 1.29 is 61.6 Å². The normalized spacial score (nSPS) is 11.9. The lowest BCUT2D eigenvalue weighted by atomic mass is 10.5. The van der Waals surface area contributed by atoms with Crippen LogP contribution in [0.3, 0.4) is 0 Å². The molecule has 0 rings (SSSR count). The van der Waals surface area contributed by atoms with Crippen LogP contribution in [0.4, 0.5) is 0 Å². The topological polar surface area (TPSA) is 123 Å². The van der Waals surface area contributed by atoms with Crippen molar-refractivity contribution in [3.8, 4) is 0 Å². The summed E-state index contributed by atoms with van der Waals surface area (Å²) < 4.78 is 70.9. The summed E-state index contributed by atoms with van der Waals surface area (Å²) >= 11 is 0. The second-order valence-corrected chi connectivity index (χ2v) is 10.1. The van der Waals surface area contributed by atoms with Crippen LogP contribution >= 0.6 is 0 Å². The third kappa shape index (κ3) is 43.4. The summed E-state index contributed by atoms with van der Waals surface area (Å²) in [6, 6.07) is 0. The first-order valence-electron chi connectivity index (χ1n) is 16.3. The maximum absolute atomic E-state index is 5.48. The molecule has 0 heterocycles. The zero-order valence-electron chi connectivity index (χ0n) is 28.7. The van der Waals surface area contributed by atoms with Gasteiger partial charge in [-0.2, -0.15) is 0 Å². The maximum atomic E-state index is 5.48. The Morgan fingerprint density at radius 2 is 0.467 bits per heavy atom. The van der Waals surface area contributed by atoms with Crippen molar-refractivity contribution in [3.05, 3.63) is 0 Å². The lowest BCUT2D eigenvalue weighted by molar-refractivity contribution is -0.0298. The first-order chi connectivity index (χ1) is 22.1. The molecule has 14 heteroatoms. The Morgan fingerprint density at radius 3 is 0.644 bits per heavy atom. The molecule has 0 bridgehead atoms. The van der Waals surface area contributed by atoms with Gasteiger partial charge in [-0.1, -0.05) is 0 Å². The van der Waals surface area contributed by atoms with Gasteiger partial charge in [-0.15, -0.1) is 0 Å². The molecule has 0 N–H and O–H groups in total. The molecule has 14 nitrogen and oxygen atoms in total. The van der Waals surface area contributed by atoms with E-state index >= 15 is 0 Å². The van der Waals surface area contributed by atoms with Crippen molar-refractivity contribution in [2.45, 2.75) is 20.0 Å². The molecule has 0 aromatic rings. The van der Waals surface area contributed by atoms with Crippen LogP contribution in [0.15, 0.2) is 0 Å². The van der Waals surface area contributed by atoms with Crippen LogP contribution < -0.4 is 0 Å². The van der Waals surface area contributed by atoms with Gasteiger partial charge in [0.15, 0.2) is 0 Å². The van der Waals surface area contributed by atoms with Crippen molar-refractivity contribution in [3.63, 3.8) is 0 Å². The van der Waals surface area contributed by atoms with Gasteiger partial charge >= 0.3 is 0 Å². The van der Waals surface area contributed by atoms with Crippen molar-refractivity contribution in [1.29, 1.82) is 0 Å². The van der Waals surface area contributed by atoms with Gasteiger partial charge in [0.2, 0.25) is 0 Å². The first kappa shape index (κ1) is 44.4. The molecular weight excluding hydrogens is 594 g/mol. The Morgan fingerprint density at radius 1 is 0.289 bits per heavy atom. The molecule has 0 aliphatic carbocycles. The molecular formula is C31H65NO13. The van der Waals surface area contributed by atoms with E-state index in [9.17, 15) is 0 Å². The monoisotopic (exact) mass is 659 g/mol. The van der Waals surface area contributed by atoms with Gasteiger partial charge < -0.3 is 66.5 Å². The molecule has 0 aliphatic rings. The molecule has 272 valence electrons. The lowest BCUT2D eigenvalue weighted by Crippen LogP contribution is -2.19. The second kappa shape index (κ2) is 39.6. The molecule has 0 saturated carbocycles. The molecule has 0 aromatic carbocycles. The van der Waals surface area contributed by atoms with Crippen LogP contribution in [0.2, 0.25) is 0 Å². The van der Waals surface area contributed by atoms with E-state index in [4.69, 9.17) is 61.6 Å². The van der Waals surface area contributed by atoms with Crippen LogP contribution in [0, 0.1) is 0 Å². The van der Waals surface area contributed by atoms with Gasteiger partial charge in [0.05, 0.1) is 171 Å². The minimum atomic E-state index is 0.231. The van der Waals surface area contributed by atoms with Crippen LogP contribution in [0.1, 0.15) is 13.8 Å². The van der Waals surface area contributed by atoms with Gasteiger partial charge in [0.25, 0.3) is 0 Å². The Balaban J connectivity index is 3.04. The molecule has 0 saturated heterocycles. The smallest absolute Gasteiger partial charge is 0.0703 e. The average Bonchev–Trinajstić information content (AvgIpc) is 3.02. The van der Waals surface area contributed by atoms with E-state index in [1.807, 2.05) is 27.9 Å². The summed E-state index contributed by atoms with van der Waals surface area (Å²) in [6.07, 6.45) is 0.231. The van der Waals surface area contributed by atoms with Gasteiger partial charge in [0, 0.05) is 6.54 Å². The fraction of sp³-hybridized carbons (Fsp3) is 1.00. The van der Waals surface area contributed by atoms with Gasteiger partial charge in [-0.3, -0.25) is 0 Å². The highest BCUT2D eigenvalue weighted by Crippen LogP contribution is 1.89. The van der Waals surface area contributed by atoms with E-state index in [2.05, 4.69) is 4.90 Å². The molecule has 0 spiro atoms. The summed E-state index contributed by atoms with van der Waals surface area (Å²) in [5.74, 6) is 0. The van der Waals surface area contributed by atoms with Crippen molar-refractivity contribution >= 4 is 0 Å². The number of ether oxygens (including phenoxy) is 13. The van der Waals surface area contributed by atoms with E-state index in [1.165, 1.54) is 0 Å². The quantitative estimate of drug-likeness (QED) is 0.0875. The SMILES string of the molecule is CC(C)OCCOCCOCCOCCOCCOCCOCCOCCOCCOCCOCCOCCOCCN(C)C. The van der Waals surface area contributed by atoms with Gasteiger partial charge in [-0.05, 0) is 27.9 Å². The van der Waals surface area contributed by atoms with Gasteiger partial charge in [-0.25, -0.2) is 0 Å². The maximum Gasteiger partial charge on any atom is 0.0703 e. The van der Waals surface area contributed by atoms with E-state index < -0.39 is 0 Å². The second-order valence-electron chi connectivity index (χ2n) is 10.1. The predicted molar refractivity (Wildman–Crippen MR) is 169 cm³/mol. The molecule has 0 fully saturated rings. The Kier molecular flexibility index (Phi) is 39.1. The Hall–Kier alpha value is -0.560. The molecule has 0 aromatic heterocycles. The molecule has 0 radical (unpaired) electrons. The van der Waals surface area contributed by atoms with Crippen molar-refractivity contribution in [2.75, 3.05) is 186 Å². The summed E-state index contributed by atoms with van der Waals surface area (Å²) in [7, 11) is 4.04. The standard InChI is InChI=1S/C31H65NO13/c1-31(2)45-30-29-44-28-27-43-26-25-42-24-23-41-22-21-40-20-19-39-18-17-38-16-15-37-14-13-36-12-11-35-10-9-34-8-7-33-6-5-32(3)4/h31H,5-30H2,1-4H3. The largest absolute Gasteiger partial charge is 0.378 e. The van der Waals surface area contributed by atoms with Crippen LogP contribution in [0.5, 0.6) is 0 Å². The minimum absolute atomic E-state index is 0.231. The van der Waals surface area contributed by atoms with E-state index in [1.54, 1.807) is 0 Å². The molecule has 0 aliphatic heterocycles. The number of hydrogen-bond acceptors (Lipinski definition) is 14. The predicted octanol–water partition coefficient (Wildman–Crippen LogP) is 1.17. The number of likely N-dealkylation sites (N-methyl/N-ethyl adjacent to an activating group) is 1. The zero-order chi connectivity index (χ0) is 32.7. The number of hydrogen-bond donors (Lipinski definition) is 0. The van der Waals surface area contributed by atoms with Gasteiger partial charge in [0.1, 0.15) is 0 Å². The van der Waals surface area contributed by atoms with Crippen LogP contribution in [-0.2, 0) is 61.6 Å². The van der Waals surface area contributed by atoms with Crippen molar-refractivity contribution in [2.24, 2.45) is 0 Å². The molecule has 45 heavy (non-hydrogen) atoms. The Labute approximate surface area is 272 Å².